The second-order valence-electron chi connectivity index (χ2n) is 2.60. The molecule has 0 aliphatic heterocycles. The smallest absolute Gasteiger partial charge is 0.318 e. The highest BCUT2D eigenvalue weighted by Gasteiger charge is 2.18. The van der Waals surface area contributed by atoms with Gasteiger partial charge in [-0.05, 0) is 6.92 Å². The second-order valence-corrected chi connectivity index (χ2v) is 9.53. The van der Waals surface area contributed by atoms with Crippen LogP contribution in [0.15, 0.2) is 0 Å². The number of methoxy groups -OCH3 is 1. The number of hydrogen-bond acceptors (Lipinski definition) is 6. The number of esters is 1. The van der Waals surface area contributed by atoms with Gasteiger partial charge >= 0.3 is 5.97 Å². The zero-order valence-electron chi connectivity index (χ0n) is 8.93. The van der Waals surface area contributed by atoms with Crippen molar-refractivity contribution in [2.75, 3.05) is 31.2 Å². The molecule has 0 fully saturated rings. The van der Waals surface area contributed by atoms with Crippen molar-refractivity contribution in [3.63, 3.8) is 0 Å². The predicted molar refractivity (Wildman–Crippen MR) is 62.6 cm³/mol. The van der Waals surface area contributed by atoms with Gasteiger partial charge in [0.05, 0.1) is 18.8 Å². The zero-order chi connectivity index (χ0) is 11.9. The molecule has 0 saturated heterocycles. The molecule has 0 saturated carbocycles. The van der Waals surface area contributed by atoms with E-state index in [-0.39, 0.29) is 10.8 Å². The maximum Gasteiger partial charge on any atom is 0.318 e. The first kappa shape index (κ1) is 15.2. The van der Waals surface area contributed by atoms with Gasteiger partial charge in [0, 0.05) is 17.5 Å². The Bertz CT molecular complexity index is 281. The second kappa shape index (κ2) is 7.44. The van der Waals surface area contributed by atoms with Crippen molar-refractivity contribution in [1.82, 2.24) is 0 Å². The van der Waals surface area contributed by atoms with Crippen LogP contribution >= 0.6 is 18.0 Å². The standard InChI is InChI=1S/C7H15O5PS2/c1-4-12-13(3,9)14-6-15(10)5-7(8)11-2/h4-6H2,1-3H3. The van der Waals surface area contributed by atoms with Gasteiger partial charge in [-0.3, -0.25) is 13.6 Å². The van der Waals surface area contributed by atoms with Crippen LogP contribution in [0.3, 0.4) is 0 Å². The van der Waals surface area contributed by atoms with E-state index in [2.05, 4.69) is 4.74 Å². The molecule has 2 unspecified atom stereocenters. The van der Waals surface area contributed by atoms with E-state index in [0.717, 1.165) is 11.4 Å². The molecule has 0 aromatic heterocycles. The summed E-state index contributed by atoms with van der Waals surface area (Å²) in [6.45, 7) is 0.832. The normalized spacial score (nSPS) is 16.7. The Kier molecular flexibility index (Phi) is 7.52. The molecule has 0 aliphatic carbocycles. The van der Waals surface area contributed by atoms with Crippen LogP contribution in [0.5, 0.6) is 0 Å². The van der Waals surface area contributed by atoms with E-state index in [1.807, 2.05) is 0 Å². The molecule has 0 aliphatic rings. The van der Waals surface area contributed by atoms with E-state index in [0.29, 0.717) is 6.61 Å². The van der Waals surface area contributed by atoms with Gasteiger partial charge < -0.3 is 9.26 Å². The number of rotatable bonds is 7. The Morgan fingerprint density at radius 2 is 2.13 bits per heavy atom. The third kappa shape index (κ3) is 8.02. The summed E-state index contributed by atoms with van der Waals surface area (Å²) in [4.78, 5) is 10.7. The van der Waals surface area contributed by atoms with E-state index < -0.39 is 23.3 Å². The molecule has 15 heavy (non-hydrogen) atoms. The highest BCUT2D eigenvalue weighted by atomic mass is 32.7. The maximum atomic E-state index is 11.6. The Labute approximate surface area is 95.9 Å². The minimum absolute atomic E-state index is 0.114. The molecule has 0 bridgehead atoms. The van der Waals surface area contributed by atoms with E-state index >= 15 is 0 Å². The van der Waals surface area contributed by atoms with E-state index in [1.54, 1.807) is 6.92 Å². The SMILES string of the molecule is CCOP(C)(=O)SCS(=O)CC(=O)OC. The van der Waals surface area contributed by atoms with Crippen molar-refractivity contribution >= 4 is 34.7 Å². The Balaban J connectivity index is 3.90. The largest absolute Gasteiger partial charge is 0.468 e. The molecule has 0 heterocycles. The zero-order valence-corrected chi connectivity index (χ0v) is 11.5. The maximum absolute atomic E-state index is 11.6. The molecule has 90 valence electrons. The third-order valence-corrected chi connectivity index (χ3v) is 7.19. The Morgan fingerprint density at radius 1 is 1.53 bits per heavy atom. The molecular weight excluding hydrogens is 259 g/mol. The fourth-order valence-electron chi connectivity index (χ4n) is 0.658. The van der Waals surface area contributed by atoms with Crippen LogP contribution in [-0.4, -0.2) is 41.4 Å². The number of carbonyl (C=O) groups is 1. The summed E-state index contributed by atoms with van der Waals surface area (Å²) in [5.74, 6) is -0.702. The molecular formula is C7H15O5PS2. The van der Waals surface area contributed by atoms with Gasteiger partial charge in [0.15, 0.2) is 0 Å². The van der Waals surface area contributed by atoms with Crippen molar-refractivity contribution < 1.29 is 22.8 Å². The minimum Gasteiger partial charge on any atom is -0.468 e. The summed E-state index contributed by atoms with van der Waals surface area (Å²) in [5.41, 5.74) is 0. The molecule has 0 aromatic rings. The number of hydrogen-bond donors (Lipinski definition) is 0. The summed E-state index contributed by atoms with van der Waals surface area (Å²) in [7, 11) is -0.130. The highest BCUT2D eigenvalue weighted by Crippen LogP contribution is 2.56. The van der Waals surface area contributed by atoms with E-state index in [1.165, 1.54) is 13.8 Å². The van der Waals surface area contributed by atoms with Gasteiger partial charge in [-0.25, -0.2) is 0 Å². The number of carbonyl (C=O) groups excluding carboxylic acids is 1. The average molecular weight is 274 g/mol. The summed E-state index contributed by atoms with van der Waals surface area (Å²) in [6, 6.07) is 0. The van der Waals surface area contributed by atoms with E-state index in [9.17, 15) is 13.6 Å². The van der Waals surface area contributed by atoms with Crippen LogP contribution in [0.2, 0.25) is 0 Å². The van der Waals surface area contributed by atoms with Gasteiger partial charge in [-0.2, -0.15) is 0 Å². The quantitative estimate of drug-likeness (QED) is 0.517. The van der Waals surface area contributed by atoms with Crippen molar-refractivity contribution in [2.45, 2.75) is 6.92 Å². The Hall–Kier alpha value is 0.160. The summed E-state index contributed by atoms with van der Waals surface area (Å²) in [6.07, 6.45) is 0. The van der Waals surface area contributed by atoms with Gasteiger partial charge in [0.25, 0.3) is 6.57 Å². The monoisotopic (exact) mass is 274 g/mol. The first-order valence-corrected chi connectivity index (χ1v) is 9.34. The average Bonchev–Trinajstić information content (AvgIpc) is 2.15. The molecule has 0 N–H and O–H groups in total. The summed E-state index contributed by atoms with van der Waals surface area (Å²) in [5, 5.41) is 0.114. The van der Waals surface area contributed by atoms with E-state index in [4.69, 9.17) is 4.52 Å². The van der Waals surface area contributed by atoms with Crippen molar-refractivity contribution in [3.8, 4) is 0 Å². The highest BCUT2D eigenvalue weighted by molar-refractivity contribution is 8.58. The molecule has 0 aromatic carbocycles. The fourth-order valence-corrected chi connectivity index (χ4v) is 6.47. The number of ether oxygens (including phenoxy) is 1. The van der Waals surface area contributed by atoms with Crippen LogP contribution in [-0.2, 0) is 29.4 Å². The van der Waals surface area contributed by atoms with Crippen molar-refractivity contribution in [3.05, 3.63) is 0 Å². The predicted octanol–water partition coefficient (Wildman–Crippen LogP) is 1.46. The van der Waals surface area contributed by atoms with Gasteiger partial charge in [0.2, 0.25) is 0 Å². The van der Waals surface area contributed by atoms with Crippen LogP contribution < -0.4 is 0 Å². The molecule has 0 radical (unpaired) electrons. The topological polar surface area (TPSA) is 69.7 Å². The molecule has 0 rings (SSSR count). The lowest BCUT2D eigenvalue weighted by molar-refractivity contribution is -0.137. The van der Waals surface area contributed by atoms with Gasteiger partial charge in [-0.15, -0.1) is 0 Å². The molecule has 2 atom stereocenters. The summed E-state index contributed by atoms with van der Waals surface area (Å²) < 4.78 is 32.2. The fraction of sp³-hybridized carbons (Fsp3) is 0.857. The summed E-state index contributed by atoms with van der Waals surface area (Å²) >= 11 is 0.989. The molecule has 0 spiro atoms. The molecule has 0 amide bonds. The van der Waals surface area contributed by atoms with Crippen molar-refractivity contribution in [2.24, 2.45) is 0 Å². The van der Waals surface area contributed by atoms with Crippen molar-refractivity contribution in [1.29, 1.82) is 0 Å². The first-order valence-electron chi connectivity index (χ1n) is 4.19. The third-order valence-electron chi connectivity index (χ3n) is 1.29. The lowest BCUT2D eigenvalue weighted by atomic mass is 10.8. The lowest BCUT2D eigenvalue weighted by Crippen LogP contribution is -2.13. The van der Waals surface area contributed by atoms with Gasteiger partial charge in [0.1, 0.15) is 5.75 Å². The lowest BCUT2D eigenvalue weighted by Gasteiger charge is -2.10. The van der Waals surface area contributed by atoms with Crippen LogP contribution in [0.1, 0.15) is 6.92 Å². The Morgan fingerprint density at radius 3 is 2.60 bits per heavy atom. The van der Waals surface area contributed by atoms with Crippen LogP contribution in [0.25, 0.3) is 0 Å². The first-order chi connectivity index (χ1) is 6.91. The van der Waals surface area contributed by atoms with Crippen LogP contribution in [0.4, 0.5) is 0 Å². The van der Waals surface area contributed by atoms with Gasteiger partial charge in [-0.1, -0.05) is 11.4 Å². The minimum atomic E-state index is -2.73. The van der Waals surface area contributed by atoms with Crippen LogP contribution in [0, 0.1) is 0 Å². The molecule has 8 heteroatoms. The molecule has 5 nitrogen and oxygen atoms in total.